The number of aromatic amines is 1. The fraction of sp³-hybridized carbons (Fsp3) is 0.323. The van der Waals surface area contributed by atoms with Gasteiger partial charge in [-0.05, 0) is 50.2 Å². The van der Waals surface area contributed by atoms with E-state index in [0.29, 0.717) is 17.5 Å². The molecule has 1 saturated carbocycles. The lowest BCUT2D eigenvalue weighted by molar-refractivity contribution is 0.199. The molecule has 2 unspecified atom stereocenters. The van der Waals surface area contributed by atoms with E-state index in [1.54, 1.807) is 30.3 Å². The quantitative estimate of drug-likeness (QED) is 0.224. The van der Waals surface area contributed by atoms with E-state index in [0.717, 1.165) is 51.3 Å². The van der Waals surface area contributed by atoms with Gasteiger partial charge in [-0.25, -0.2) is 27.8 Å². The molecule has 3 N–H and O–H groups in total. The Kier molecular flexibility index (Phi) is 7.26. The van der Waals surface area contributed by atoms with Gasteiger partial charge in [0.2, 0.25) is 5.69 Å². The number of carbonyl (C=O) groups excluding carboxylic acids is 1. The number of H-pyrrole nitrogens is 1. The van der Waals surface area contributed by atoms with Gasteiger partial charge in [-0.15, -0.1) is 0 Å². The van der Waals surface area contributed by atoms with Gasteiger partial charge < -0.3 is 20.5 Å². The number of anilines is 1. The van der Waals surface area contributed by atoms with Gasteiger partial charge in [0.15, 0.2) is 11.6 Å². The van der Waals surface area contributed by atoms with Crippen LogP contribution in [-0.2, 0) is 0 Å². The average molecular weight is 559 g/mol. The first-order valence-corrected chi connectivity index (χ1v) is 13.9. The summed E-state index contributed by atoms with van der Waals surface area (Å²) in [5, 5.41) is 6.58. The standard InChI is InChI=1S/C31H29F3N6O/c1-35-29-25(18-8-3-2-4-9-18)26(34)30(39-28(29)23-17-36-27-22(23)14-19(32)15-24(27)33)37-20-10-7-11-21(16-20)38-31(41)40-12-5-6-13-40/h2-4,8-9,14-15,17,20-21,36H,5-7,10-13,16H2,(H,37,39)(H,38,41). The number of likely N-dealkylation sites (tertiary alicyclic amines) is 1. The summed E-state index contributed by atoms with van der Waals surface area (Å²) in [5.74, 6) is -2.27. The number of pyridine rings is 1. The molecule has 1 saturated heterocycles. The van der Waals surface area contributed by atoms with E-state index in [9.17, 15) is 13.6 Å². The normalized spacial score (nSPS) is 18.8. The molecule has 2 aromatic heterocycles. The van der Waals surface area contributed by atoms with E-state index in [-0.39, 0.29) is 51.8 Å². The summed E-state index contributed by atoms with van der Waals surface area (Å²) < 4.78 is 45.0. The second-order valence-corrected chi connectivity index (χ2v) is 10.7. The maximum absolute atomic E-state index is 16.3. The molecule has 2 atom stereocenters. The third kappa shape index (κ3) is 5.20. The second-order valence-electron chi connectivity index (χ2n) is 10.7. The van der Waals surface area contributed by atoms with Crippen LogP contribution in [0.1, 0.15) is 38.5 Å². The number of hydrogen-bond acceptors (Lipinski definition) is 3. The number of fused-ring (bicyclic) bond motifs is 1. The van der Waals surface area contributed by atoms with E-state index < -0.39 is 17.5 Å². The summed E-state index contributed by atoms with van der Waals surface area (Å²) >= 11 is 0. The Bertz CT molecular complexity index is 1640. The summed E-state index contributed by atoms with van der Waals surface area (Å²) in [6.45, 7) is 9.47. The number of halogens is 3. The van der Waals surface area contributed by atoms with Crippen LogP contribution in [0.25, 0.3) is 38.1 Å². The van der Waals surface area contributed by atoms with Crippen LogP contribution in [0.4, 0.5) is 29.5 Å². The summed E-state index contributed by atoms with van der Waals surface area (Å²) in [5.41, 5.74) is 0.985. The number of nitrogens with one attached hydrogen (secondary N) is 3. The van der Waals surface area contributed by atoms with Crippen LogP contribution in [0.3, 0.4) is 0 Å². The van der Waals surface area contributed by atoms with Crippen LogP contribution in [0.15, 0.2) is 48.7 Å². The third-order valence-corrected chi connectivity index (χ3v) is 7.98. The maximum atomic E-state index is 16.3. The van der Waals surface area contributed by atoms with E-state index in [1.165, 1.54) is 12.3 Å². The van der Waals surface area contributed by atoms with Gasteiger partial charge in [0.25, 0.3) is 0 Å². The fourth-order valence-corrected chi connectivity index (χ4v) is 6.00. The van der Waals surface area contributed by atoms with Crippen LogP contribution in [0.5, 0.6) is 0 Å². The van der Waals surface area contributed by atoms with Gasteiger partial charge in [0, 0.05) is 53.9 Å². The fourth-order valence-electron chi connectivity index (χ4n) is 6.00. The Morgan fingerprint density at radius 1 is 1.05 bits per heavy atom. The highest BCUT2D eigenvalue weighted by Crippen LogP contribution is 2.44. The highest BCUT2D eigenvalue weighted by molar-refractivity contribution is 6.01. The van der Waals surface area contributed by atoms with Gasteiger partial charge in [0.05, 0.1) is 17.8 Å². The lowest BCUT2D eigenvalue weighted by Gasteiger charge is -2.32. The Morgan fingerprint density at radius 3 is 2.56 bits per heavy atom. The zero-order valence-electron chi connectivity index (χ0n) is 22.3. The Morgan fingerprint density at radius 2 is 1.80 bits per heavy atom. The average Bonchev–Trinajstić information content (AvgIpc) is 3.66. The molecule has 41 heavy (non-hydrogen) atoms. The first-order chi connectivity index (χ1) is 19.9. The van der Waals surface area contributed by atoms with Crippen molar-refractivity contribution in [2.45, 2.75) is 50.6 Å². The topological polar surface area (TPSA) is 77.4 Å². The van der Waals surface area contributed by atoms with Gasteiger partial charge in [-0.2, -0.15) is 0 Å². The summed E-state index contributed by atoms with van der Waals surface area (Å²) in [7, 11) is 0. The first kappa shape index (κ1) is 26.7. The number of amides is 2. The number of nitrogens with zero attached hydrogens (tertiary/aromatic N) is 3. The molecule has 7 nitrogen and oxygen atoms in total. The molecule has 10 heteroatoms. The van der Waals surface area contributed by atoms with Crippen molar-refractivity contribution >= 4 is 28.4 Å². The summed E-state index contributed by atoms with van der Waals surface area (Å²) in [6, 6.07) is 10.4. The van der Waals surface area contributed by atoms with Crippen LogP contribution in [0, 0.1) is 24.0 Å². The molecule has 6 rings (SSSR count). The van der Waals surface area contributed by atoms with Crippen LogP contribution >= 0.6 is 0 Å². The van der Waals surface area contributed by atoms with Crippen molar-refractivity contribution in [2.24, 2.45) is 0 Å². The smallest absolute Gasteiger partial charge is 0.317 e. The molecule has 2 amide bonds. The molecular weight excluding hydrogens is 529 g/mol. The largest absolute Gasteiger partial charge is 0.365 e. The highest BCUT2D eigenvalue weighted by Gasteiger charge is 2.29. The third-order valence-electron chi connectivity index (χ3n) is 7.98. The zero-order chi connectivity index (χ0) is 28.5. The van der Waals surface area contributed by atoms with Crippen molar-refractivity contribution in [1.82, 2.24) is 20.2 Å². The van der Waals surface area contributed by atoms with Gasteiger partial charge >= 0.3 is 6.03 Å². The summed E-state index contributed by atoms with van der Waals surface area (Å²) in [6.07, 6.45) is 6.49. The molecule has 2 fully saturated rings. The highest BCUT2D eigenvalue weighted by atomic mass is 19.1. The minimum Gasteiger partial charge on any atom is -0.365 e. The van der Waals surface area contributed by atoms with Crippen LogP contribution < -0.4 is 10.6 Å². The van der Waals surface area contributed by atoms with Crippen molar-refractivity contribution in [3.8, 4) is 22.4 Å². The van der Waals surface area contributed by atoms with E-state index in [4.69, 9.17) is 6.57 Å². The lowest BCUT2D eigenvalue weighted by Crippen LogP contribution is -2.47. The second kappa shape index (κ2) is 11.2. The molecule has 4 aromatic rings. The van der Waals surface area contributed by atoms with E-state index in [1.807, 2.05) is 4.90 Å². The van der Waals surface area contributed by atoms with Crippen molar-refractivity contribution < 1.29 is 18.0 Å². The van der Waals surface area contributed by atoms with Crippen LogP contribution in [-0.4, -0.2) is 46.1 Å². The van der Waals surface area contributed by atoms with E-state index >= 15 is 4.39 Å². The molecule has 2 aromatic carbocycles. The predicted octanol–water partition coefficient (Wildman–Crippen LogP) is 7.39. The number of urea groups is 1. The Balaban J connectivity index is 1.39. The predicted molar refractivity (Wildman–Crippen MR) is 152 cm³/mol. The zero-order valence-corrected chi connectivity index (χ0v) is 22.3. The van der Waals surface area contributed by atoms with Crippen LogP contribution in [0.2, 0.25) is 0 Å². The number of hydrogen-bond donors (Lipinski definition) is 3. The van der Waals surface area contributed by atoms with Gasteiger partial charge in [-0.3, -0.25) is 0 Å². The molecule has 3 heterocycles. The molecule has 0 radical (unpaired) electrons. The monoisotopic (exact) mass is 558 g/mol. The number of benzene rings is 2. The van der Waals surface area contributed by atoms with Crippen molar-refractivity contribution in [3.63, 3.8) is 0 Å². The molecule has 210 valence electrons. The molecule has 0 bridgehead atoms. The van der Waals surface area contributed by atoms with Gasteiger partial charge in [-0.1, -0.05) is 30.3 Å². The first-order valence-electron chi connectivity index (χ1n) is 13.9. The minimum atomic E-state index is -0.774. The Labute approximate surface area is 235 Å². The van der Waals surface area contributed by atoms with Crippen molar-refractivity contribution in [1.29, 1.82) is 0 Å². The maximum Gasteiger partial charge on any atom is 0.317 e. The Hall–Kier alpha value is -4.52. The molecule has 2 aliphatic rings. The lowest BCUT2D eigenvalue weighted by atomic mass is 9.91. The number of carbonyl (C=O) groups is 1. The molecular formula is C31H29F3N6O. The molecule has 1 aliphatic heterocycles. The molecule has 0 spiro atoms. The van der Waals surface area contributed by atoms with Crippen molar-refractivity contribution in [3.05, 3.63) is 77.5 Å². The van der Waals surface area contributed by atoms with Crippen molar-refractivity contribution in [2.75, 3.05) is 18.4 Å². The minimum absolute atomic E-state index is 0.0472. The molecule has 1 aliphatic carbocycles. The van der Waals surface area contributed by atoms with Gasteiger partial charge in [0.1, 0.15) is 11.6 Å². The summed E-state index contributed by atoms with van der Waals surface area (Å²) in [4.78, 5) is 25.5. The number of rotatable bonds is 5. The van der Waals surface area contributed by atoms with E-state index in [2.05, 4.69) is 25.4 Å². The SMILES string of the molecule is [C-]#[N+]c1c(-c2c[nH]c3c(F)cc(F)cc23)nc(NC2CCCC(NC(=O)N3CCCC3)C2)c(F)c1-c1ccccc1. The number of aromatic nitrogens is 2.